The van der Waals surface area contributed by atoms with Crippen LogP contribution >= 0.6 is 23.2 Å². The molecule has 0 N–H and O–H groups in total. The van der Waals surface area contributed by atoms with E-state index in [2.05, 4.69) is 6.92 Å². The van der Waals surface area contributed by atoms with E-state index >= 15 is 0 Å². The van der Waals surface area contributed by atoms with Crippen molar-refractivity contribution in [2.75, 3.05) is 0 Å². The van der Waals surface area contributed by atoms with Crippen molar-refractivity contribution in [2.45, 2.75) is 43.4 Å². The van der Waals surface area contributed by atoms with Gasteiger partial charge in [-0.3, -0.25) is 0 Å². The van der Waals surface area contributed by atoms with E-state index in [1.807, 2.05) is 0 Å². The van der Waals surface area contributed by atoms with E-state index in [0.29, 0.717) is 5.92 Å². The molecule has 2 heteroatoms. The van der Waals surface area contributed by atoms with E-state index in [1.165, 1.54) is 25.7 Å². The Morgan fingerprint density at radius 3 is 2.40 bits per heavy atom. The molecule has 60 valence electrons. The Morgan fingerprint density at radius 1 is 1.40 bits per heavy atom. The van der Waals surface area contributed by atoms with Crippen LogP contribution in [0.15, 0.2) is 0 Å². The van der Waals surface area contributed by atoms with Crippen LogP contribution in [0.5, 0.6) is 0 Å². The molecule has 1 aliphatic carbocycles. The molecule has 1 atom stereocenters. The lowest BCUT2D eigenvalue weighted by atomic mass is 10.1. The van der Waals surface area contributed by atoms with Gasteiger partial charge < -0.3 is 0 Å². The highest BCUT2D eigenvalue weighted by Crippen LogP contribution is 2.55. The third kappa shape index (κ3) is 2.32. The highest BCUT2D eigenvalue weighted by Gasteiger charge is 2.50. The molecule has 0 radical (unpaired) electrons. The lowest BCUT2D eigenvalue weighted by molar-refractivity contribution is 0.616. The van der Waals surface area contributed by atoms with Crippen molar-refractivity contribution in [3.8, 4) is 0 Å². The largest absolute Gasteiger partial charge is 0.121 e. The van der Waals surface area contributed by atoms with Crippen LogP contribution in [-0.2, 0) is 0 Å². The third-order valence-electron chi connectivity index (χ3n) is 2.11. The van der Waals surface area contributed by atoms with Crippen molar-refractivity contribution in [1.82, 2.24) is 0 Å². The van der Waals surface area contributed by atoms with Gasteiger partial charge in [-0.2, -0.15) is 0 Å². The van der Waals surface area contributed by atoms with Crippen LogP contribution in [-0.4, -0.2) is 4.33 Å². The summed E-state index contributed by atoms with van der Waals surface area (Å²) in [7, 11) is 0. The van der Waals surface area contributed by atoms with E-state index in [9.17, 15) is 0 Å². The molecule has 0 aromatic carbocycles. The van der Waals surface area contributed by atoms with Gasteiger partial charge in [-0.05, 0) is 18.8 Å². The maximum absolute atomic E-state index is 5.85. The molecule has 1 aliphatic rings. The Hall–Kier alpha value is 0.580. The summed E-state index contributed by atoms with van der Waals surface area (Å²) in [5.74, 6) is 0.599. The summed E-state index contributed by atoms with van der Waals surface area (Å²) in [6, 6.07) is 0. The number of rotatable bonds is 4. The zero-order chi connectivity index (χ0) is 7.61. The molecule has 1 fully saturated rings. The zero-order valence-electron chi connectivity index (χ0n) is 6.37. The lowest BCUT2D eigenvalue weighted by Crippen LogP contribution is -1.89. The minimum atomic E-state index is -0.340. The first-order valence-corrected chi connectivity index (χ1v) is 4.80. The summed E-state index contributed by atoms with van der Waals surface area (Å²) in [6.07, 6.45) is 6.13. The first-order valence-electron chi connectivity index (χ1n) is 4.04. The molecule has 0 aliphatic heterocycles. The summed E-state index contributed by atoms with van der Waals surface area (Å²) < 4.78 is -0.340. The fraction of sp³-hybridized carbons (Fsp3) is 1.00. The molecule has 0 bridgehead atoms. The van der Waals surface area contributed by atoms with Gasteiger partial charge in [0, 0.05) is 0 Å². The van der Waals surface area contributed by atoms with Crippen LogP contribution in [0, 0.1) is 5.92 Å². The smallest absolute Gasteiger partial charge is 0.101 e. The highest BCUT2D eigenvalue weighted by atomic mass is 35.5. The molecule has 0 aromatic heterocycles. The summed E-state index contributed by atoms with van der Waals surface area (Å²) in [5.41, 5.74) is 0. The average molecular weight is 181 g/mol. The summed E-state index contributed by atoms with van der Waals surface area (Å²) >= 11 is 11.7. The Bertz CT molecular complexity index is 110. The van der Waals surface area contributed by atoms with E-state index < -0.39 is 0 Å². The second-order valence-electron chi connectivity index (χ2n) is 3.16. The predicted molar refractivity (Wildman–Crippen MR) is 46.7 cm³/mol. The predicted octanol–water partition coefficient (Wildman–Crippen LogP) is 3.76. The van der Waals surface area contributed by atoms with Gasteiger partial charge in [0.25, 0.3) is 0 Å². The first kappa shape index (κ1) is 8.67. The Morgan fingerprint density at radius 2 is 2.00 bits per heavy atom. The van der Waals surface area contributed by atoms with Gasteiger partial charge in [0.1, 0.15) is 4.33 Å². The fourth-order valence-corrected chi connectivity index (χ4v) is 1.81. The summed E-state index contributed by atoms with van der Waals surface area (Å²) in [4.78, 5) is 0. The van der Waals surface area contributed by atoms with Crippen LogP contribution < -0.4 is 0 Å². The molecular formula is C8H14Cl2. The Kier molecular flexibility index (Phi) is 2.88. The quantitative estimate of drug-likeness (QED) is 0.457. The topological polar surface area (TPSA) is 0 Å². The van der Waals surface area contributed by atoms with E-state index in [0.717, 1.165) is 6.42 Å². The molecular weight excluding hydrogens is 167 g/mol. The van der Waals surface area contributed by atoms with Gasteiger partial charge in [-0.1, -0.05) is 26.2 Å². The molecule has 0 aromatic rings. The van der Waals surface area contributed by atoms with Gasteiger partial charge in [-0.15, -0.1) is 23.2 Å². The second-order valence-corrected chi connectivity index (χ2v) is 4.70. The molecule has 0 saturated heterocycles. The van der Waals surface area contributed by atoms with Gasteiger partial charge in [0.05, 0.1) is 0 Å². The van der Waals surface area contributed by atoms with Crippen molar-refractivity contribution < 1.29 is 0 Å². The molecule has 0 heterocycles. The molecule has 0 nitrogen and oxygen atoms in total. The van der Waals surface area contributed by atoms with Gasteiger partial charge in [0.2, 0.25) is 0 Å². The molecule has 0 spiro atoms. The van der Waals surface area contributed by atoms with Crippen molar-refractivity contribution in [1.29, 1.82) is 0 Å². The van der Waals surface area contributed by atoms with Crippen LogP contribution in [0.4, 0.5) is 0 Å². The molecule has 10 heavy (non-hydrogen) atoms. The summed E-state index contributed by atoms with van der Waals surface area (Å²) in [5, 5.41) is 0. The number of unbranched alkanes of at least 4 members (excludes halogenated alkanes) is 2. The zero-order valence-corrected chi connectivity index (χ0v) is 7.88. The monoisotopic (exact) mass is 180 g/mol. The molecule has 1 saturated carbocycles. The van der Waals surface area contributed by atoms with Crippen LogP contribution in [0.1, 0.15) is 39.0 Å². The molecule has 0 amide bonds. The molecule has 1 rings (SSSR count). The van der Waals surface area contributed by atoms with E-state index in [1.54, 1.807) is 0 Å². The standard InChI is InChI=1S/C8H14Cl2/c1-2-3-4-5-7-6-8(7,9)10/h7H,2-6H2,1H3. The fourth-order valence-electron chi connectivity index (χ4n) is 1.22. The normalized spacial score (nSPS) is 28.5. The second kappa shape index (κ2) is 3.32. The van der Waals surface area contributed by atoms with Crippen LogP contribution in [0.3, 0.4) is 0 Å². The Balaban J connectivity index is 1.97. The number of alkyl halides is 2. The molecule has 1 unspecified atom stereocenters. The minimum Gasteiger partial charge on any atom is -0.101 e. The number of halogens is 2. The number of hydrogen-bond acceptors (Lipinski definition) is 0. The van der Waals surface area contributed by atoms with E-state index in [-0.39, 0.29) is 4.33 Å². The third-order valence-corrected chi connectivity index (χ3v) is 3.04. The maximum Gasteiger partial charge on any atom is 0.121 e. The lowest BCUT2D eigenvalue weighted by Gasteiger charge is -1.97. The SMILES string of the molecule is CCCCCC1CC1(Cl)Cl. The summed E-state index contributed by atoms with van der Waals surface area (Å²) in [6.45, 7) is 2.21. The average Bonchev–Trinajstić information content (AvgIpc) is 2.41. The van der Waals surface area contributed by atoms with Crippen molar-refractivity contribution >= 4 is 23.2 Å². The van der Waals surface area contributed by atoms with Crippen LogP contribution in [0.2, 0.25) is 0 Å². The number of hydrogen-bond donors (Lipinski definition) is 0. The maximum atomic E-state index is 5.85. The van der Waals surface area contributed by atoms with Crippen molar-refractivity contribution in [3.63, 3.8) is 0 Å². The van der Waals surface area contributed by atoms with Crippen molar-refractivity contribution in [3.05, 3.63) is 0 Å². The van der Waals surface area contributed by atoms with E-state index in [4.69, 9.17) is 23.2 Å². The first-order chi connectivity index (χ1) is 4.67. The minimum absolute atomic E-state index is 0.340. The van der Waals surface area contributed by atoms with Crippen molar-refractivity contribution in [2.24, 2.45) is 5.92 Å². The van der Waals surface area contributed by atoms with Crippen LogP contribution in [0.25, 0.3) is 0 Å². The van der Waals surface area contributed by atoms with Gasteiger partial charge in [-0.25, -0.2) is 0 Å². The van der Waals surface area contributed by atoms with Gasteiger partial charge in [0.15, 0.2) is 0 Å². The Labute approximate surface area is 72.9 Å². The highest BCUT2D eigenvalue weighted by molar-refractivity contribution is 6.50. The van der Waals surface area contributed by atoms with Gasteiger partial charge >= 0.3 is 0 Å².